The van der Waals surface area contributed by atoms with Gasteiger partial charge < -0.3 is 19.5 Å². The number of methoxy groups -OCH3 is 1. The van der Waals surface area contributed by atoms with E-state index in [4.69, 9.17) is 14.2 Å². The summed E-state index contributed by atoms with van der Waals surface area (Å²) in [5, 5.41) is 3.34. The van der Waals surface area contributed by atoms with Crippen molar-refractivity contribution < 1.29 is 14.2 Å². The van der Waals surface area contributed by atoms with E-state index in [2.05, 4.69) is 17.4 Å². The SMILES string of the molecule is CNC(c1cccc(OC)c1)c1cccc2c1OCCO2. The highest BCUT2D eigenvalue weighted by atomic mass is 16.6. The zero-order valence-electron chi connectivity index (χ0n) is 12.3. The predicted octanol–water partition coefficient (Wildman–Crippen LogP) is 2.78. The van der Waals surface area contributed by atoms with Crippen molar-refractivity contribution in [2.75, 3.05) is 27.4 Å². The summed E-state index contributed by atoms with van der Waals surface area (Å²) in [5.74, 6) is 2.47. The van der Waals surface area contributed by atoms with Gasteiger partial charge in [0.1, 0.15) is 19.0 Å². The van der Waals surface area contributed by atoms with Crippen molar-refractivity contribution in [2.45, 2.75) is 6.04 Å². The molecule has 2 aromatic carbocycles. The molecule has 1 aliphatic rings. The molecule has 4 heteroatoms. The van der Waals surface area contributed by atoms with Crippen LogP contribution in [-0.4, -0.2) is 27.4 Å². The van der Waals surface area contributed by atoms with Crippen molar-refractivity contribution in [1.29, 1.82) is 0 Å². The molecule has 3 rings (SSSR count). The maximum Gasteiger partial charge on any atom is 0.166 e. The van der Waals surface area contributed by atoms with Gasteiger partial charge in [0.2, 0.25) is 0 Å². The van der Waals surface area contributed by atoms with Gasteiger partial charge in [-0.05, 0) is 30.8 Å². The van der Waals surface area contributed by atoms with Crippen molar-refractivity contribution in [3.8, 4) is 17.2 Å². The predicted molar refractivity (Wildman–Crippen MR) is 81.3 cm³/mol. The van der Waals surface area contributed by atoms with E-state index < -0.39 is 0 Å². The van der Waals surface area contributed by atoms with Gasteiger partial charge >= 0.3 is 0 Å². The molecular weight excluding hydrogens is 266 g/mol. The van der Waals surface area contributed by atoms with E-state index in [0.717, 1.165) is 28.4 Å². The molecule has 1 aliphatic heterocycles. The van der Waals surface area contributed by atoms with Crippen LogP contribution >= 0.6 is 0 Å². The lowest BCUT2D eigenvalue weighted by Gasteiger charge is -2.25. The third kappa shape index (κ3) is 2.67. The number of rotatable bonds is 4. The van der Waals surface area contributed by atoms with Gasteiger partial charge in [0.15, 0.2) is 11.5 Å². The van der Waals surface area contributed by atoms with Crippen LogP contribution in [0.15, 0.2) is 42.5 Å². The average Bonchev–Trinajstić information content (AvgIpc) is 2.56. The Morgan fingerprint density at radius 2 is 1.90 bits per heavy atom. The number of benzene rings is 2. The van der Waals surface area contributed by atoms with Crippen LogP contribution in [0.2, 0.25) is 0 Å². The molecule has 1 atom stereocenters. The molecule has 0 bridgehead atoms. The molecule has 1 unspecified atom stereocenters. The summed E-state index contributed by atoms with van der Waals surface area (Å²) in [5.41, 5.74) is 2.20. The maximum absolute atomic E-state index is 5.82. The Kier molecular flexibility index (Phi) is 3.97. The number of ether oxygens (including phenoxy) is 3. The minimum Gasteiger partial charge on any atom is -0.497 e. The summed E-state index contributed by atoms with van der Waals surface area (Å²) in [7, 11) is 3.61. The zero-order chi connectivity index (χ0) is 14.7. The highest BCUT2D eigenvalue weighted by Gasteiger charge is 2.22. The molecule has 0 spiro atoms. The number of hydrogen-bond donors (Lipinski definition) is 1. The van der Waals surface area contributed by atoms with Gasteiger partial charge in [0.05, 0.1) is 13.2 Å². The lowest BCUT2D eigenvalue weighted by molar-refractivity contribution is 0.169. The molecule has 0 aromatic heterocycles. The summed E-state index contributed by atoms with van der Waals surface area (Å²) in [4.78, 5) is 0. The van der Waals surface area contributed by atoms with E-state index in [1.165, 1.54) is 0 Å². The molecule has 1 N–H and O–H groups in total. The molecule has 0 amide bonds. The molecule has 110 valence electrons. The Morgan fingerprint density at radius 1 is 1.10 bits per heavy atom. The van der Waals surface area contributed by atoms with Gasteiger partial charge in [-0.15, -0.1) is 0 Å². The van der Waals surface area contributed by atoms with Crippen molar-refractivity contribution >= 4 is 0 Å². The quantitative estimate of drug-likeness (QED) is 0.937. The number of hydrogen-bond acceptors (Lipinski definition) is 4. The molecule has 21 heavy (non-hydrogen) atoms. The fourth-order valence-electron chi connectivity index (χ4n) is 2.65. The van der Waals surface area contributed by atoms with Gasteiger partial charge in [-0.3, -0.25) is 0 Å². The normalized spacial score (nSPS) is 14.6. The Hall–Kier alpha value is -2.20. The summed E-state index contributed by atoms with van der Waals surface area (Å²) < 4.78 is 16.8. The second kappa shape index (κ2) is 6.06. The van der Waals surface area contributed by atoms with Crippen molar-refractivity contribution in [2.24, 2.45) is 0 Å². The Bertz CT molecular complexity index is 627. The van der Waals surface area contributed by atoms with Gasteiger partial charge in [0.25, 0.3) is 0 Å². The van der Waals surface area contributed by atoms with Crippen LogP contribution in [0.3, 0.4) is 0 Å². The number of fused-ring (bicyclic) bond motifs is 1. The van der Waals surface area contributed by atoms with E-state index in [1.807, 2.05) is 37.4 Å². The summed E-state index contributed by atoms with van der Waals surface area (Å²) in [6.07, 6.45) is 0. The zero-order valence-corrected chi connectivity index (χ0v) is 12.3. The van der Waals surface area contributed by atoms with E-state index in [9.17, 15) is 0 Å². The van der Waals surface area contributed by atoms with Gasteiger partial charge in [-0.1, -0.05) is 24.3 Å². The first-order valence-corrected chi connectivity index (χ1v) is 7.03. The third-order valence-electron chi connectivity index (χ3n) is 3.62. The highest BCUT2D eigenvalue weighted by molar-refractivity contribution is 5.51. The molecule has 0 saturated carbocycles. The van der Waals surface area contributed by atoms with Crippen molar-refractivity contribution in [3.63, 3.8) is 0 Å². The average molecular weight is 285 g/mol. The van der Waals surface area contributed by atoms with Gasteiger partial charge in [-0.25, -0.2) is 0 Å². The van der Waals surface area contributed by atoms with Crippen LogP contribution in [0.4, 0.5) is 0 Å². The fourth-order valence-corrected chi connectivity index (χ4v) is 2.65. The van der Waals surface area contributed by atoms with Crippen LogP contribution < -0.4 is 19.5 Å². The van der Waals surface area contributed by atoms with Crippen LogP contribution in [0.5, 0.6) is 17.2 Å². The van der Waals surface area contributed by atoms with E-state index in [0.29, 0.717) is 13.2 Å². The number of para-hydroxylation sites is 1. The largest absolute Gasteiger partial charge is 0.497 e. The standard InChI is InChI=1S/C17H19NO3/c1-18-16(12-5-3-6-13(11-12)19-2)14-7-4-8-15-17(14)21-10-9-20-15/h3-8,11,16,18H,9-10H2,1-2H3. The molecule has 0 fully saturated rings. The molecule has 0 radical (unpaired) electrons. The summed E-state index contributed by atoms with van der Waals surface area (Å²) in [6, 6.07) is 14.1. The van der Waals surface area contributed by atoms with Gasteiger partial charge in [-0.2, -0.15) is 0 Å². The first-order chi connectivity index (χ1) is 10.3. The number of nitrogens with one attached hydrogen (secondary N) is 1. The smallest absolute Gasteiger partial charge is 0.166 e. The van der Waals surface area contributed by atoms with E-state index in [1.54, 1.807) is 7.11 Å². The Labute approximate surface area is 124 Å². The second-order valence-electron chi connectivity index (χ2n) is 4.87. The summed E-state index contributed by atoms with van der Waals surface area (Å²) >= 11 is 0. The van der Waals surface area contributed by atoms with E-state index in [-0.39, 0.29) is 6.04 Å². The van der Waals surface area contributed by atoms with E-state index >= 15 is 0 Å². The van der Waals surface area contributed by atoms with Crippen molar-refractivity contribution in [3.05, 3.63) is 53.6 Å². The minimum atomic E-state index is 0.0248. The third-order valence-corrected chi connectivity index (χ3v) is 3.62. The maximum atomic E-state index is 5.82. The molecule has 2 aromatic rings. The molecule has 0 aliphatic carbocycles. The summed E-state index contributed by atoms with van der Waals surface area (Å²) in [6.45, 7) is 1.18. The lowest BCUT2D eigenvalue weighted by atomic mass is 9.97. The Balaban J connectivity index is 2.03. The molecule has 4 nitrogen and oxygen atoms in total. The van der Waals surface area contributed by atoms with Crippen LogP contribution in [0.1, 0.15) is 17.2 Å². The first kappa shape index (κ1) is 13.8. The van der Waals surface area contributed by atoms with Crippen LogP contribution in [-0.2, 0) is 0 Å². The Morgan fingerprint density at radius 3 is 2.71 bits per heavy atom. The first-order valence-electron chi connectivity index (χ1n) is 7.03. The van der Waals surface area contributed by atoms with Crippen LogP contribution in [0.25, 0.3) is 0 Å². The fraction of sp³-hybridized carbons (Fsp3) is 0.294. The topological polar surface area (TPSA) is 39.7 Å². The molecule has 0 saturated heterocycles. The molecular formula is C17H19NO3. The monoisotopic (exact) mass is 285 g/mol. The lowest BCUT2D eigenvalue weighted by Crippen LogP contribution is -2.22. The molecule has 1 heterocycles. The van der Waals surface area contributed by atoms with Gasteiger partial charge in [0, 0.05) is 5.56 Å². The minimum absolute atomic E-state index is 0.0248. The second-order valence-corrected chi connectivity index (χ2v) is 4.87. The van der Waals surface area contributed by atoms with Crippen molar-refractivity contribution in [1.82, 2.24) is 5.32 Å². The van der Waals surface area contributed by atoms with Crippen LogP contribution in [0, 0.1) is 0 Å². The highest BCUT2D eigenvalue weighted by Crippen LogP contribution is 2.39.